The van der Waals surface area contributed by atoms with Gasteiger partial charge in [-0.3, -0.25) is 4.79 Å². The molecule has 0 aromatic rings. The molecule has 1 saturated heterocycles. The number of carbonyl (C=O) groups is 1. The highest BCUT2D eigenvalue weighted by Gasteiger charge is 2.11. The van der Waals surface area contributed by atoms with E-state index in [1.165, 1.54) is 12.8 Å². The van der Waals surface area contributed by atoms with Crippen molar-refractivity contribution in [3.05, 3.63) is 0 Å². The van der Waals surface area contributed by atoms with Gasteiger partial charge in [-0.2, -0.15) is 0 Å². The number of hydrogen-bond donors (Lipinski definition) is 0. The Morgan fingerprint density at radius 1 is 1.40 bits per heavy atom. The highest BCUT2D eigenvalue weighted by atomic mass is 35.5. The second kappa shape index (κ2) is 3.94. The van der Waals surface area contributed by atoms with Crippen molar-refractivity contribution in [2.24, 2.45) is 0 Å². The fraction of sp³-hybridized carbons (Fsp3) is 0.857. The first kappa shape index (κ1) is 8.02. The molecule has 1 rings (SSSR count). The van der Waals surface area contributed by atoms with E-state index >= 15 is 0 Å². The Kier molecular flexibility index (Phi) is 3.16. The first-order chi connectivity index (χ1) is 4.79. The van der Waals surface area contributed by atoms with Crippen LogP contribution in [0, 0.1) is 0 Å². The van der Waals surface area contributed by atoms with Gasteiger partial charge in [0.25, 0.3) is 0 Å². The first-order valence-electron chi connectivity index (χ1n) is 3.70. The van der Waals surface area contributed by atoms with Crippen LogP contribution in [-0.2, 0) is 4.79 Å². The smallest absolute Gasteiger partial charge is 0.222 e. The molecule has 0 aliphatic carbocycles. The van der Waals surface area contributed by atoms with E-state index in [4.69, 9.17) is 11.6 Å². The average Bonchev–Trinajstić information content (AvgIpc) is 2.34. The van der Waals surface area contributed by atoms with Gasteiger partial charge in [0, 0.05) is 13.0 Å². The molecule has 0 spiro atoms. The number of likely N-dealkylation sites (tertiary alicyclic amines) is 1. The Morgan fingerprint density at radius 2 is 2.00 bits per heavy atom. The summed E-state index contributed by atoms with van der Waals surface area (Å²) in [5, 5.41) is -0.216. The van der Waals surface area contributed by atoms with E-state index < -0.39 is 0 Å². The van der Waals surface area contributed by atoms with E-state index in [2.05, 4.69) is 4.90 Å². The molecule has 3 heteroatoms. The summed E-state index contributed by atoms with van der Waals surface area (Å²) < 4.78 is 0. The molecule has 1 aliphatic rings. The molecule has 2 nitrogen and oxygen atoms in total. The molecule has 1 fully saturated rings. The predicted molar refractivity (Wildman–Crippen MR) is 41.2 cm³/mol. The molecule has 0 radical (unpaired) electrons. The normalized spacial score (nSPS) is 19.7. The van der Waals surface area contributed by atoms with Crippen LogP contribution < -0.4 is 0 Å². The minimum Gasteiger partial charge on any atom is -0.303 e. The Morgan fingerprint density at radius 3 is 2.50 bits per heavy atom. The van der Waals surface area contributed by atoms with E-state index in [0.29, 0.717) is 6.42 Å². The maximum absolute atomic E-state index is 10.3. The lowest BCUT2D eigenvalue weighted by molar-refractivity contribution is -0.111. The van der Waals surface area contributed by atoms with E-state index in [-0.39, 0.29) is 5.24 Å². The van der Waals surface area contributed by atoms with Crippen molar-refractivity contribution in [2.45, 2.75) is 19.3 Å². The van der Waals surface area contributed by atoms with Crippen LogP contribution >= 0.6 is 11.6 Å². The lowest BCUT2D eigenvalue weighted by atomic mass is 10.4. The summed E-state index contributed by atoms with van der Waals surface area (Å²) in [6.45, 7) is 3.14. The fourth-order valence-corrected chi connectivity index (χ4v) is 1.34. The van der Waals surface area contributed by atoms with E-state index in [1.54, 1.807) is 0 Å². The Hall–Kier alpha value is -0.0800. The summed E-state index contributed by atoms with van der Waals surface area (Å²) in [6, 6.07) is 0. The van der Waals surface area contributed by atoms with Crippen molar-refractivity contribution in [1.82, 2.24) is 4.90 Å². The molecule has 0 atom stereocenters. The van der Waals surface area contributed by atoms with Gasteiger partial charge in [-0.15, -0.1) is 0 Å². The lowest BCUT2D eigenvalue weighted by Crippen LogP contribution is -2.21. The molecule has 1 aliphatic heterocycles. The number of halogens is 1. The molecule has 0 saturated carbocycles. The quantitative estimate of drug-likeness (QED) is 0.581. The monoisotopic (exact) mass is 161 g/mol. The van der Waals surface area contributed by atoms with Crippen molar-refractivity contribution in [3.8, 4) is 0 Å². The van der Waals surface area contributed by atoms with Crippen LogP contribution in [0.2, 0.25) is 0 Å². The summed E-state index contributed by atoms with van der Waals surface area (Å²) >= 11 is 5.19. The van der Waals surface area contributed by atoms with Gasteiger partial charge in [0.2, 0.25) is 5.24 Å². The van der Waals surface area contributed by atoms with Crippen LogP contribution in [0.4, 0.5) is 0 Å². The topological polar surface area (TPSA) is 20.3 Å². The third kappa shape index (κ3) is 2.67. The highest BCUT2D eigenvalue weighted by Crippen LogP contribution is 2.07. The fourth-order valence-electron chi connectivity index (χ4n) is 1.25. The SMILES string of the molecule is O=C(Cl)CCN1CCCC1. The molecule has 58 valence electrons. The van der Waals surface area contributed by atoms with Gasteiger partial charge in [0.1, 0.15) is 0 Å². The largest absolute Gasteiger partial charge is 0.303 e. The number of hydrogen-bond acceptors (Lipinski definition) is 2. The number of carbonyl (C=O) groups excluding carboxylic acids is 1. The van der Waals surface area contributed by atoms with Gasteiger partial charge in [0.15, 0.2) is 0 Å². The maximum atomic E-state index is 10.3. The van der Waals surface area contributed by atoms with Gasteiger partial charge in [0.05, 0.1) is 0 Å². The van der Waals surface area contributed by atoms with Crippen LogP contribution in [-0.4, -0.2) is 29.8 Å². The number of rotatable bonds is 3. The third-order valence-electron chi connectivity index (χ3n) is 1.82. The lowest BCUT2D eigenvalue weighted by Gasteiger charge is -2.11. The summed E-state index contributed by atoms with van der Waals surface area (Å²) in [5.41, 5.74) is 0. The molecule has 0 amide bonds. The van der Waals surface area contributed by atoms with Gasteiger partial charge >= 0.3 is 0 Å². The van der Waals surface area contributed by atoms with Gasteiger partial charge in [-0.1, -0.05) is 0 Å². The minimum atomic E-state index is -0.216. The van der Waals surface area contributed by atoms with Crippen molar-refractivity contribution in [1.29, 1.82) is 0 Å². The Balaban J connectivity index is 2.07. The number of nitrogens with zero attached hydrogens (tertiary/aromatic N) is 1. The van der Waals surface area contributed by atoms with Gasteiger partial charge in [-0.05, 0) is 37.5 Å². The average molecular weight is 162 g/mol. The molecule has 10 heavy (non-hydrogen) atoms. The van der Waals surface area contributed by atoms with Crippen molar-refractivity contribution in [3.63, 3.8) is 0 Å². The predicted octanol–water partition coefficient (Wildman–Crippen LogP) is 1.24. The van der Waals surface area contributed by atoms with Crippen LogP contribution in [0.5, 0.6) is 0 Å². The summed E-state index contributed by atoms with van der Waals surface area (Å²) in [6.07, 6.45) is 3.05. The molecule has 0 N–H and O–H groups in total. The molecule has 1 heterocycles. The van der Waals surface area contributed by atoms with E-state index in [1.807, 2.05) is 0 Å². The van der Waals surface area contributed by atoms with Crippen molar-refractivity contribution >= 4 is 16.8 Å². The van der Waals surface area contributed by atoms with Gasteiger partial charge in [-0.25, -0.2) is 0 Å². The summed E-state index contributed by atoms with van der Waals surface area (Å²) in [5.74, 6) is 0. The molecular formula is C7H12ClNO. The maximum Gasteiger partial charge on any atom is 0.222 e. The Bertz CT molecular complexity index is 121. The zero-order valence-corrected chi connectivity index (χ0v) is 6.73. The van der Waals surface area contributed by atoms with Crippen molar-refractivity contribution in [2.75, 3.05) is 19.6 Å². The van der Waals surface area contributed by atoms with Crippen molar-refractivity contribution < 1.29 is 4.79 Å². The van der Waals surface area contributed by atoms with Crippen LogP contribution in [0.1, 0.15) is 19.3 Å². The standard InChI is InChI=1S/C7H12ClNO/c8-7(10)3-6-9-4-1-2-5-9/h1-6H2. The molecular weight excluding hydrogens is 150 g/mol. The van der Waals surface area contributed by atoms with Crippen LogP contribution in [0.15, 0.2) is 0 Å². The zero-order valence-electron chi connectivity index (χ0n) is 5.98. The first-order valence-corrected chi connectivity index (χ1v) is 4.07. The molecule has 0 bridgehead atoms. The Labute approximate surface area is 66.1 Å². The van der Waals surface area contributed by atoms with Crippen LogP contribution in [0.25, 0.3) is 0 Å². The van der Waals surface area contributed by atoms with E-state index in [0.717, 1.165) is 19.6 Å². The zero-order chi connectivity index (χ0) is 7.40. The van der Waals surface area contributed by atoms with Crippen LogP contribution in [0.3, 0.4) is 0 Å². The van der Waals surface area contributed by atoms with E-state index in [9.17, 15) is 4.79 Å². The molecule has 0 unspecified atom stereocenters. The second-order valence-corrected chi connectivity index (χ2v) is 3.08. The minimum absolute atomic E-state index is 0.216. The van der Waals surface area contributed by atoms with Gasteiger partial charge < -0.3 is 4.90 Å². The highest BCUT2D eigenvalue weighted by molar-refractivity contribution is 6.63. The molecule has 0 aromatic heterocycles. The molecule has 0 aromatic carbocycles. The summed E-state index contributed by atoms with van der Waals surface area (Å²) in [4.78, 5) is 12.6. The second-order valence-electron chi connectivity index (χ2n) is 2.65. The third-order valence-corrected chi connectivity index (χ3v) is 2.01. The summed E-state index contributed by atoms with van der Waals surface area (Å²) in [7, 11) is 0.